The Morgan fingerprint density at radius 2 is 1.89 bits per heavy atom. The largest absolute Gasteiger partial charge is 0.347 e. The van der Waals surface area contributed by atoms with Gasteiger partial charge in [0, 0.05) is 30.1 Å². The molecule has 1 aliphatic rings. The minimum absolute atomic E-state index is 0.272. The third-order valence-electron chi connectivity index (χ3n) is 6.16. The van der Waals surface area contributed by atoms with Crippen molar-refractivity contribution in [2.45, 2.75) is 71.8 Å². The molecular weight excluding hydrogens is 332 g/mol. The average molecular weight is 369 g/mol. The number of ketones is 1. The minimum Gasteiger partial charge on any atom is -0.347 e. The van der Waals surface area contributed by atoms with Gasteiger partial charge in [-0.2, -0.15) is 0 Å². The Bertz CT molecular complexity index is 725. The third-order valence-corrected chi connectivity index (χ3v) is 6.16. The highest BCUT2D eigenvalue weighted by Gasteiger charge is 2.18. The first-order chi connectivity index (χ1) is 13.2. The molecule has 0 N–H and O–H groups in total. The molecule has 0 spiro atoms. The molecule has 3 rings (SSSR count). The summed E-state index contributed by atoms with van der Waals surface area (Å²) in [5.74, 6) is 1.24. The van der Waals surface area contributed by atoms with Crippen LogP contribution in [-0.2, 0) is 17.8 Å². The second-order valence-electron chi connectivity index (χ2n) is 8.35. The fourth-order valence-corrected chi connectivity index (χ4v) is 4.47. The number of likely N-dealkylation sites (tertiary alicyclic amines) is 1. The summed E-state index contributed by atoms with van der Waals surface area (Å²) in [5.41, 5.74) is 2.63. The molecule has 3 nitrogen and oxygen atoms in total. The molecule has 1 fully saturated rings. The first kappa shape index (κ1) is 20.1. The van der Waals surface area contributed by atoms with E-state index >= 15 is 0 Å². The molecular formula is C24H36N2O. The Morgan fingerprint density at radius 3 is 2.63 bits per heavy atom. The Labute approximate surface area is 164 Å². The van der Waals surface area contributed by atoms with Crippen molar-refractivity contribution < 1.29 is 4.79 Å². The Morgan fingerprint density at radius 1 is 1.11 bits per heavy atom. The summed E-state index contributed by atoms with van der Waals surface area (Å²) in [6.45, 7) is 8.82. The molecule has 3 heteroatoms. The maximum Gasteiger partial charge on any atom is 0.130 e. The smallest absolute Gasteiger partial charge is 0.130 e. The monoisotopic (exact) mass is 368 g/mol. The number of unbranched alkanes of at least 4 members (excludes halogenated alkanes) is 1. The molecule has 1 aliphatic heterocycles. The molecule has 0 bridgehead atoms. The van der Waals surface area contributed by atoms with Crippen molar-refractivity contribution in [1.82, 2.24) is 9.47 Å². The molecule has 0 amide bonds. The number of fused-ring (bicyclic) bond motifs is 1. The fraction of sp³-hybridized carbons (Fsp3) is 0.625. The van der Waals surface area contributed by atoms with Crippen molar-refractivity contribution in [3.8, 4) is 0 Å². The number of aryl methyl sites for hydroxylation is 2. The lowest BCUT2D eigenvalue weighted by Gasteiger charge is -2.32. The van der Waals surface area contributed by atoms with E-state index in [4.69, 9.17) is 0 Å². The number of Topliss-reactive ketones (excluding diaryl/α,β-unsaturated/α-hetero) is 1. The van der Waals surface area contributed by atoms with Gasteiger partial charge in [-0.3, -0.25) is 0 Å². The predicted molar refractivity (Wildman–Crippen MR) is 114 cm³/mol. The number of piperidine rings is 1. The molecule has 1 saturated heterocycles. The van der Waals surface area contributed by atoms with Crippen molar-refractivity contribution in [3.63, 3.8) is 0 Å². The van der Waals surface area contributed by atoms with Crippen LogP contribution >= 0.6 is 0 Å². The number of benzene rings is 1. The van der Waals surface area contributed by atoms with Gasteiger partial charge in [0.1, 0.15) is 5.78 Å². The van der Waals surface area contributed by atoms with Gasteiger partial charge in [0.2, 0.25) is 0 Å². The van der Waals surface area contributed by atoms with E-state index in [9.17, 15) is 4.79 Å². The van der Waals surface area contributed by atoms with Gasteiger partial charge in [-0.05, 0) is 69.8 Å². The highest BCUT2D eigenvalue weighted by Crippen LogP contribution is 2.24. The zero-order valence-corrected chi connectivity index (χ0v) is 17.3. The van der Waals surface area contributed by atoms with Crippen LogP contribution in [-0.4, -0.2) is 34.9 Å². The second-order valence-corrected chi connectivity index (χ2v) is 8.35. The molecule has 0 saturated carbocycles. The summed E-state index contributed by atoms with van der Waals surface area (Å²) >= 11 is 0. The fourth-order valence-electron chi connectivity index (χ4n) is 4.47. The van der Waals surface area contributed by atoms with E-state index in [1.807, 2.05) is 0 Å². The van der Waals surface area contributed by atoms with E-state index in [-0.39, 0.29) is 5.78 Å². The molecule has 148 valence electrons. The van der Waals surface area contributed by atoms with Gasteiger partial charge in [-0.15, -0.1) is 0 Å². The summed E-state index contributed by atoms with van der Waals surface area (Å²) in [5, 5.41) is 1.32. The van der Waals surface area contributed by atoms with Crippen LogP contribution in [0.5, 0.6) is 0 Å². The number of nitrogens with zero attached hydrogens (tertiary/aromatic N) is 2. The maximum atomic E-state index is 11.4. The molecule has 0 atom stereocenters. The van der Waals surface area contributed by atoms with Gasteiger partial charge < -0.3 is 14.3 Å². The van der Waals surface area contributed by atoms with Gasteiger partial charge >= 0.3 is 0 Å². The lowest BCUT2D eigenvalue weighted by Crippen LogP contribution is -2.34. The van der Waals surface area contributed by atoms with Gasteiger partial charge in [0.05, 0.1) is 0 Å². The molecule has 27 heavy (non-hydrogen) atoms. The first-order valence-electron chi connectivity index (χ1n) is 11.0. The van der Waals surface area contributed by atoms with E-state index in [2.05, 4.69) is 46.9 Å². The van der Waals surface area contributed by atoms with Crippen LogP contribution in [0.1, 0.15) is 64.4 Å². The lowest BCUT2D eigenvalue weighted by molar-refractivity contribution is -0.116. The molecule has 2 aromatic rings. The van der Waals surface area contributed by atoms with Crippen LogP contribution in [0.2, 0.25) is 0 Å². The Kier molecular flexibility index (Phi) is 7.51. The van der Waals surface area contributed by atoms with Gasteiger partial charge in [-0.25, -0.2) is 0 Å². The van der Waals surface area contributed by atoms with Crippen molar-refractivity contribution in [2.75, 3.05) is 19.6 Å². The summed E-state index contributed by atoms with van der Waals surface area (Å²) < 4.78 is 2.40. The normalized spacial score (nSPS) is 16.2. The van der Waals surface area contributed by atoms with Crippen molar-refractivity contribution >= 4 is 16.7 Å². The van der Waals surface area contributed by atoms with Crippen LogP contribution in [0.25, 0.3) is 10.9 Å². The zero-order valence-electron chi connectivity index (χ0n) is 17.3. The molecule has 0 unspecified atom stereocenters. The van der Waals surface area contributed by atoms with Crippen LogP contribution < -0.4 is 0 Å². The van der Waals surface area contributed by atoms with E-state index in [1.165, 1.54) is 74.6 Å². The number of hydrogen-bond donors (Lipinski definition) is 0. The minimum atomic E-state index is 0.272. The number of carbonyl (C=O) groups excluding carboxylic acids is 1. The number of carbonyl (C=O) groups is 1. The Hall–Kier alpha value is -1.61. The van der Waals surface area contributed by atoms with Crippen molar-refractivity contribution in [3.05, 3.63) is 36.0 Å². The van der Waals surface area contributed by atoms with E-state index in [0.717, 1.165) is 18.9 Å². The summed E-state index contributed by atoms with van der Waals surface area (Å²) in [6.07, 6.45) is 11.9. The predicted octanol–water partition coefficient (Wildman–Crippen LogP) is 5.46. The molecule has 0 aliphatic carbocycles. The van der Waals surface area contributed by atoms with Crippen molar-refractivity contribution in [1.29, 1.82) is 0 Å². The van der Waals surface area contributed by atoms with Crippen LogP contribution in [0.15, 0.2) is 30.5 Å². The third kappa shape index (κ3) is 5.68. The Balaban J connectivity index is 1.51. The van der Waals surface area contributed by atoms with E-state index < -0.39 is 0 Å². The van der Waals surface area contributed by atoms with E-state index in [1.54, 1.807) is 6.92 Å². The van der Waals surface area contributed by atoms with Gasteiger partial charge in [-0.1, -0.05) is 44.4 Å². The summed E-state index contributed by atoms with van der Waals surface area (Å²) in [7, 11) is 0. The SMILES string of the molecule is CCCCC1CCN(CCCn2cc(CCC(C)=O)c3ccccc32)CC1. The van der Waals surface area contributed by atoms with Gasteiger partial charge in [0.15, 0.2) is 0 Å². The second kappa shape index (κ2) is 10.1. The van der Waals surface area contributed by atoms with Crippen LogP contribution in [0.4, 0.5) is 0 Å². The molecule has 0 radical (unpaired) electrons. The highest BCUT2D eigenvalue weighted by atomic mass is 16.1. The molecule has 1 aromatic heterocycles. The van der Waals surface area contributed by atoms with Gasteiger partial charge in [0.25, 0.3) is 0 Å². The van der Waals surface area contributed by atoms with E-state index in [0.29, 0.717) is 6.42 Å². The zero-order chi connectivity index (χ0) is 19.1. The topological polar surface area (TPSA) is 25.2 Å². The summed E-state index contributed by atoms with van der Waals surface area (Å²) in [4.78, 5) is 14.0. The van der Waals surface area contributed by atoms with Crippen molar-refractivity contribution in [2.24, 2.45) is 5.92 Å². The maximum absolute atomic E-state index is 11.4. The van der Waals surface area contributed by atoms with Crippen LogP contribution in [0, 0.1) is 5.92 Å². The number of hydrogen-bond acceptors (Lipinski definition) is 2. The number of para-hydroxylation sites is 1. The summed E-state index contributed by atoms with van der Waals surface area (Å²) in [6, 6.07) is 8.63. The first-order valence-corrected chi connectivity index (χ1v) is 11.0. The average Bonchev–Trinajstić information content (AvgIpc) is 3.04. The quantitative estimate of drug-likeness (QED) is 0.557. The molecule has 2 heterocycles. The standard InChI is InChI=1S/C24H36N2O/c1-3-4-8-21-13-17-25(18-14-21)15-7-16-26-19-22(12-11-20(2)27)23-9-5-6-10-24(23)26/h5-6,9-10,19,21H,3-4,7-8,11-18H2,1-2H3. The molecule has 1 aromatic carbocycles. The number of rotatable bonds is 10. The number of aromatic nitrogens is 1. The van der Waals surface area contributed by atoms with Crippen LogP contribution in [0.3, 0.4) is 0 Å². The highest BCUT2D eigenvalue weighted by molar-refractivity contribution is 5.85. The lowest BCUT2D eigenvalue weighted by atomic mass is 9.91.